The van der Waals surface area contributed by atoms with Crippen molar-refractivity contribution in [2.45, 2.75) is 52.0 Å². The number of nitrogens with zero attached hydrogens (tertiary/aromatic N) is 1. The Balaban J connectivity index is 0.000000232. The van der Waals surface area contributed by atoms with Crippen LogP contribution in [-0.4, -0.2) is 23.0 Å². The molecule has 1 aromatic heterocycles. The highest BCUT2D eigenvalue weighted by Gasteiger charge is 2.27. The number of hydrogen-bond donors (Lipinski definition) is 2. The number of benzene rings is 2. The maximum absolute atomic E-state index is 14.3. The number of hydrogen-bond acceptors (Lipinski definition) is 2. The van der Waals surface area contributed by atoms with Crippen LogP contribution in [0, 0.1) is 18.6 Å². The van der Waals surface area contributed by atoms with E-state index in [0.717, 1.165) is 40.7 Å². The molecule has 0 aliphatic heterocycles. The predicted molar refractivity (Wildman–Crippen MR) is 139 cm³/mol. The Kier molecular flexibility index (Phi) is 8.32. The highest BCUT2D eigenvalue weighted by Crippen LogP contribution is 2.45. The molecule has 2 N–H and O–H groups in total. The Morgan fingerprint density at radius 1 is 1.21 bits per heavy atom. The number of aromatic nitrogens is 1. The third kappa shape index (κ3) is 5.41. The summed E-state index contributed by atoms with van der Waals surface area (Å²) in [6.07, 6.45) is 9.22. The Labute approximate surface area is 201 Å². The van der Waals surface area contributed by atoms with Crippen LogP contribution in [0.15, 0.2) is 73.7 Å². The molecule has 1 aliphatic rings. The number of likely N-dealkylation sites (N-methyl/N-ethyl adjacent to an activating group) is 1. The van der Waals surface area contributed by atoms with Gasteiger partial charge in [0.1, 0.15) is 11.6 Å². The molecule has 34 heavy (non-hydrogen) atoms. The molecule has 2 aromatic carbocycles. The topological polar surface area (TPSA) is 31.1 Å². The van der Waals surface area contributed by atoms with Crippen LogP contribution in [0.25, 0.3) is 22.2 Å². The van der Waals surface area contributed by atoms with Crippen LogP contribution < -0.4 is 5.32 Å². The molecule has 1 saturated carbocycles. The summed E-state index contributed by atoms with van der Waals surface area (Å²) in [6, 6.07) is 10.3. The van der Waals surface area contributed by atoms with Gasteiger partial charge in [0.05, 0.1) is 17.3 Å². The minimum Gasteiger partial charge on any atom is -0.390 e. The maximum atomic E-state index is 14.3. The first-order chi connectivity index (χ1) is 16.3. The number of aryl methyl sites for hydroxylation is 1. The summed E-state index contributed by atoms with van der Waals surface area (Å²) in [5.74, 6) is -0.00832. The van der Waals surface area contributed by atoms with Gasteiger partial charge in [-0.3, -0.25) is 0 Å². The van der Waals surface area contributed by atoms with Crippen molar-refractivity contribution in [1.29, 1.82) is 0 Å². The second-order valence-corrected chi connectivity index (χ2v) is 8.78. The molecule has 1 atom stereocenters. The van der Waals surface area contributed by atoms with Gasteiger partial charge in [-0.15, -0.1) is 0 Å². The van der Waals surface area contributed by atoms with Crippen LogP contribution >= 0.6 is 0 Å². The highest BCUT2D eigenvalue weighted by atomic mass is 19.1. The molecule has 3 aromatic rings. The van der Waals surface area contributed by atoms with Gasteiger partial charge in [-0.2, -0.15) is 0 Å². The molecular formula is C29H35F2N3. The van der Waals surface area contributed by atoms with Crippen molar-refractivity contribution >= 4 is 10.9 Å². The minimum absolute atomic E-state index is 0.219. The molecule has 1 heterocycles. The minimum atomic E-state index is -0.257. The first-order valence-electron chi connectivity index (χ1n) is 11.8. The summed E-state index contributed by atoms with van der Waals surface area (Å²) in [6.45, 7) is 13.6. The van der Waals surface area contributed by atoms with Gasteiger partial charge in [0.25, 0.3) is 0 Å². The molecule has 1 aliphatic carbocycles. The summed E-state index contributed by atoms with van der Waals surface area (Å²) >= 11 is 0. The maximum Gasteiger partial charge on any atom is 0.147 e. The van der Waals surface area contributed by atoms with E-state index in [9.17, 15) is 8.78 Å². The third-order valence-electron chi connectivity index (χ3n) is 6.50. The molecule has 0 radical (unpaired) electrons. The lowest BCUT2D eigenvalue weighted by atomic mass is 9.78. The summed E-state index contributed by atoms with van der Waals surface area (Å²) < 4.78 is 27.5. The molecule has 4 rings (SSSR count). The zero-order valence-electron chi connectivity index (χ0n) is 20.6. The van der Waals surface area contributed by atoms with Gasteiger partial charge >= 0.3 is 0 Å². The van der Waals surface area contributed by atoms with Crippen LogP contribution in [0.4, 0.5) is 8.78 Å². The lowest BCUT2D eigenvalue weighted by Gasteiger charge is -2.26. The van der Waals surface area contributed by atoms with Crippen molar-refractivity contribution in [3.8, 4) is 11.3 Å². The van der Waals surface area contributed by atoms with Crippen molar-refractivity contribution in [3.05, 3.63) is 96.5 Å². The van der Waals surface area contributed by atoms with Gasteiger partial charge < -0.3 is 15.2 Å². The number of nitrogens with one attached hydrogen (secondary N) is 2. The lowest BCUT2D eigenvalue weighted by Crippen LogP contribution is -2.29. The molecule has 0 saturated heterocycles. The quantitative estimate of drug-likeness (QED) is 0.375. The largest absolute Gasteiger partial charge is 0.390 e. The molecule has 1 unspecified atom stereocenters. The molecule has 0 bridgehead atoms. The number of H-pyrrole nitrogens is 1. The Morgan fingerprint density at radius 2 is 1.88 bits per heavy atom. The fourth-order valence-corrected chi connectivity index (χ4v) is 4.28. The van der Waals surface area contributed by atoms with E-state index in [-0.39, 0.29) is 17.7 Å². The van der Waals surface area contributed by atoms with Gasteiger partial charge in [0, 0.05) is 18.1 Å². The van der Waals surface area contributed by atoms with E-state index in [1.54, 1.807) is 24.4 Å². The smallest absolute Gasteiger partial charge is 0.147 e. The average molecular weight is 464 g/mol. The van der Waals surface area contributed by atoms with Crippen molar-refractivity contribution in [1.82, 2.24) is 15.2 Å². The van der Waals surface area contributed by atoms with E-state index in [2.05, 4.69) is 36.4 Å². The van der Waals surface area contributed by atoms with E-state index in [4.69, 9.17) is 0 Å². The van der Waals surface area contributed by atoms with Crippen LogP contribution in [-0.2, 0) is 0 Å². The molecule has 5 heteroatoms. The van der Waals surface area contributed by atoms with Gasteiger partial charge in [-0.1, -0.05) is 25.7 Å². The Hall–Kier alpha value is -3.34. The van der Waals surface area contributed by atoms with Crippen molar-refractivity contribution in [2.75, 3.05) is 7.05 Å². The van der Waals surface area contributed by atoms with E-state index in [0.29, 0.717) is 11.4 Å². The van der Waals surface area contributed by atoms with Crippen LogP contribution in [0.2, 0.25) is 0 Å². The molecule has 180 valence electrons. The normalized spacial score (nSPS) is 14.3. The van der Waals surface area contributed by atoms with Crippen LogP contribution in [0.3, 0.4) is 0 Å². The number of fused-ring (bicyclic) bond motifs is 1. The van der Waals surface area contributed by atoms with Crippen LogP contribution in [0.5, 0.6) is 0 Å². The average Bonchev–Trinajstić information content (AvgIpc) is 3.15. The SMILES string of the molecule is C=CN(/C=C\C)C(C)C(=C)NC.Cc1cc(F)c2[nH]c(-c3ccc(F)cc3)c(C3CCC3)c2c1. The summed E-state index contributed by atoms with van der Waals surface area (Å²) in [4.78, 5) is 5.25. The highest BCUT2D eigenvalue weighted by molar-refractivity contribution is 5.92. The van der Waals surface area contributed by atoms with E-state index in [1.165, 1.54) is 24.1 Å². The summed E-state index contributed by atoms with van der Waals surface area (Å²) in [7, 11) is 1.87. The number of rotatable bonds is 7. The monoisotopic (exact) mass is 463 g/mol. The third-order valence-corrected chi connectivity index (χ3v) is 6.50. The Morgan fingerprint density at radius 3 is 2.41 bits per heavy atom. The van der Waals surface area contributed by atoms with Crippen LogP contribution in [0.1, 0.15) is 50.2 Å². The molecule has 0 amide bonds. The Bertz CT molecular complexity index is 1170. The molecule has 1 fully saturated rings. The number of aromatic amines is 1. The molecule has 3 nitrogen and oxygen atoms in total. The van der Waals surface area contributed by atoms with E-state index in [1.807, 2.05) is 38.1 Å². The van der Waals surface area contributed by atoms with E-state index < -0.39 is 0 Å². The zero-order valence-corrected chi connectivity index (χ0v) is 20.6. The molecule has 0 spiro atoms. The second kappa shape index (κ2) is 11.2. The summed E-state index contributed by atoms with van der Waals surface area (Å²) in [5, 5.41) is 3.99. The fraction of sp³-hybridized carbons (Fsp3) is 0.310. The predicted octanol–water partition coefficient (Wildman–Crippen LogP) is 7.78. The van der Waals surface area contributed by atoms with E-state index >= 15 is 0 Å². The summed E-state index contributed by atoms with van der Waals surface area (Å²) in [5.41, 5.74) is 5.51. The first kappa shape index (κ1) is 25.3. The van der Waals surface area contributed by atoms with Crippen molar-refractivity contribution in [3.63, 3.8) is 0 Å². The number of halogens is 2. The standard InChI is InChI=1S/C19H17F2N.C10H18N2/c1-11-9-15-17(12-3-2-4-12)18(22-19(15)16(21)10-11)13-5-7-14(20)8-6-13;1-6-8-12(7-2)10(4)9(3)11-5/h5-10,12,22H,2-4H2,1H3;6-8,10-11H,2-3H2,1,4-5H3/b;8-6-. The number of allylic oxidation sites excluding steroid dienone is 1. The van der Waals surface area contributed by atoms with Crippen molar-refractivity contribution < 1.29 is 8.78 Å². The fourth-order valence-electron chi connectivity index (χ4n) is 4.28. The van der Waals surface area contributed by atoms with Gasteiger partial charge in [0.2, 0.25) is 0 Å². The first-order valence-corrected chi connectivity index (χ1v) is 11.8. The van der Waals surface area contributed by atoms with Gasteiger partial charge in [0.15, 0.2) is 0 Å². The molecular weight excluding hydrogens is 428 g/mol. The zero-order chi connectivity index (χ0) is 24.8. The second-order valence-electron chi connectivity index (χ2n) is 8.78. The van der Waals surface area contributed by atoms with Crippen molar-refractivity contribution in [2.24, 2.45) is 0 Å². The van der Waals surface area contributed by atoms with Gasteiger partial charge in [-0.05, 0) is 105 Å². The van der Waals surface area contributed by atoms with Gasteiger partial charge in [-0.25, -0.2) is 8.78 Å². The lowest BCUT2D eigenvalue weighted by molar-refractivity contribution is 0.423.